The molecule has 0 aromatic heterocycles. The summed E-state index contributed by atoms with van der Waals surface area (Å²) in [5.74, 6) is 0. The van der Waals surface area contributed by atoms with Crippen LogP contribution < -0.4 is 0 Å². The van der Waals surface area contributed by atoms with Gasteiger partial charge in [0.05, 0.1) is 13.2 Å². The SMILES string of the molecule is CCCCCCCCCCCCOS(=O)(=O)OCC.CCN(C)C. The van der Waals surface area contributed by atoms with Crippen LogP contribution in [0.4, 0.5) is 0 Å². The Bertz CT molecular complexity index is 332. The third kappa shape index (κ3) is 24.1. The van der Waals surface area contributed by atoms with E-state index in [9.17, 15) is 8.42 Å². The molecule has 0 rings (SSSR count). The van der Waals surface area contributed by atoms with Gasteiger partial charge in [0.15, 0.2) is 0 Å². The molecule has 0 amide bonds. The smallest absolute Gasteiger partial charge is 0.310 e. The average Bonchev–Trinajstić information content (AvgIpc) is 2.53. The lowest BCUT2D eigenvalue weighted by Crippen LogP contribution is -2.10. The summed E-state index contributed by atoms with van der Waals surface area (Å²) in [4.78, 5) is 2.12. The van der Waals surface area contributed by atoms with E-state index in [0.717, 1.165) is 25.8 Å². The van der Waals surface area contributed by atoms with E-state index in [2.05, 4.69) is 37.0 Å². The molecule has 0 aromatic carbocycles. The normalized spacial score (nSPS) is 11.4. The Hall–Kier alpha value is -0.170. The van der Waals surface area contributed by atoms with Crippen LogP contribution in [0.25, 0.3) is 0 Å². The first-order valence-electron chi connectivity index (χ1n) is 9.58. The summed E-state index contributed by atoms with van der Waals surface area (Å²) < 4.78 is 31.3. The summed E-state index contributed by atoms with van der Waals surface area (Å²) in [6, 6.07) is 0. The Kier molecular flexibility index (Phi) is 20.8. The Morgan fingerprint density at radius 3 is 1.50 bits per heavy atom. The van der Waals surface area contributed by atoms with Gasteiger partial charge in [0.2, 0.25) is 0 Å². The van der Waals surface area contributed by atoms with Gasteiger partial charge >= 0.3 is 10.4 Å². The number of nitrogens with zero attached hydrogens (tertiary/aromatic N) is 1. The van der Waals surface area contributed by atoms with E-state index in [1.807, 2.05) is 0 Å². The second-order valence-corrected chi connectivity index (χ2v) is 7.50. The molecule has 0 aliphatic heterocycles. The highest BCUT2D eigenvalue weighted by Gasteiger charge is 2.09. The molecule has 0 atom stereocenters. The Labute approximate surface area is 151 Å². The van der Waals surface area contributed by atoms with E-state index in [1.165, 1.54) is 44.9 Å². The first-order chi connectivity index (χ1) is 11.4. The zero-order valence-corrected chi connectivity index (χ0v) is 17.5. The fourth-order valence-corrected chi connectivity index (χ4v) is 2.61. The maximum absolute atomic E-state index is 11.0. The molecule has 0 N–H and O–H groups in total. The molecule has 0 radical (unpaired) electrons. The van der Waals surface area contributed by atoms with Gasteiger partial charge in [-0.3, -0.25) is 0 Å². The van der Waals surface area contributed by atoms with Gasteiger partial charge in [0.1, 0.15) is 0 Å². The van der Waals surface area contributed by atoms with Crippen LogP contribution in [0.2, 0.25) is 0 Å². The van der Waals surface area contributed by atoms with Crippen molar-refractivity contribution in [3.8, 4) is 0 Å². The van der Waals surface area contributed by atoms with Gasteiger partial charge in [-0.05, 0) is 34.0 Å². The zero-order valence-electron chi connectivity index (χ0n) is 16.7. The van der Waals surface area contributed by atoms with Crippen molar-refractivity contribution in [2.24, 2.45) is 0 Å². The molecule has 0 saturated heterocycles. The molecule has 148 valence electrons. The first-order valence-corrected chi connectivity index (χ1v) is 10.9. The van der Waals surface area contributed by atoms with Crippen molar-refractivity contribution < 1.29 is 16.8 Å². The van der Waals surface area contributed by atoms with Crippen LogP contribution >= 0.6 is 0 Å². The molecule has 0 aliphatic carbocycles. The van der Waals surface area contributed by atoms with Crippen LogP contribution in [0.3, 0.4) is 0 Å². The second-order valence-electron chi connectivity index (χ2n) is 6.21. The summed E-state index contributed by atoms with van der Waals surface area (Å²) in [6.45, 7) is 7.48. The Morgan fingerprint density at radius 1 is 0.708 bits per heavy atom. The fourth-order valence-electron chi connectivity index (χ4n) is 1.93. The monoisotopic (exact) mass is 367 g/mol. The van der Waals surface area contributed by atoms with Crippen molar-refractivity contribution in [3.63, 3.8) is 0 Å². The molecule has 0 aliphatic rings. The average molecular weight is 368 g/mol. The van der Waals surface area contributed by atoms with Gasteiger partial charge in [-0.15, -0.1) is 0 Å². The molecule has 0 bridgehead atoms. The zero-order chi connectivity index (χ0) is 18.7. The second kappa shape index (κ2) is 19.2. The van der Waals surface area contributed by atoms with Crippen LogP contribution in [-0.2, 0) is 18.8 Å². The predicted octanol–water partition coefficient (Wildman–Crippen LogP) is 4.77. The van der Waals surface area contributed by atoms with Crippen molar-refractivity contribution >= 4 is 10.4 Å². The van der Waals surface area contributed by atoms with Crippen molar-refractivity contribution in [2.45, 2.75) is 85.0 Å². The Morgan fingerprint density at radius 2 is 1.12 bits per heavy atom. The van der Waals surface area contributed by atoms with Crippen LogP contribution in [0.15, 0.2) is 0 Å². The van der Waals surface area contributed by atoms with Crippen molar-refractivity contribution in [2.75, 3.05) is 33.9 Å². The summed E-state index contributed by atoms with van der Waals surface area (Å²) in [7, 11) is 0.369. The molecule has 0 aromatic rings. The molecular weight excluding hydrogens is 326 g/mol. The molecule has 5 nitrogen and oxygen atoms in total. The van der Waals surface area contributed by atoms with Gasteiger partial charge in [0, 0.05) is 0 Å². The topological polar surface area (TPSA) is 55.8 Å². The lowest BCUT2D eigenvalue weighted by molar-refractivity contribution is 0.218. The van der Waals surface area contributed by atoms with Crippen LogP contribution in [0.1, 0.15) is 85.0 Å². The Balaban J connectivity index is 0. The summed E-state index contributed by atoms with van der Waals surface area (Å²) in [5, 5.41) is 0. The van der Waals surface area contributed by atoms with Crippen molar-refractivity contribution in [1.82, 2.24) is 4.90 Å². The van der Waals surface area contributed by atoms with E-state index in [0.29, 0.717) is 0 Å². The van der Waals surface area contributed by atoms with Gasteiger partial charge < -0.3 is 4.90 Å². The number of hydrogen-bond acceptors (Lipinski definition) is 5. The molecule has 0 saturated carbocycles. The van der Waals surface area contributed by atoms with E-state index >= 15 is 0 Å². The summed E-state index contributed by atoms with van der Waals surface area (Å²) >= 11 is 0. The van der Waals surface area contributed by atoms with Crippen molar-refractivity contribution in [1.29, 1.82) is 0 Å². The molecule has 0 spiro atoms. The van der Waals surface area contributed by atoms with Gasteiger partial charge in [-0.1, -0.05) is 71.6 Å². The lowest BCUT2D eigenvalue weighted by atomic mass is 10.1. The fraction of sp³-hybridized carbons (Fsp3) is 1.00. The molecular formula is C18H41NO4S. The van der Waals surface area contributed by atoms with E-state index < -0.39 is 10.4 Å². The third-order valence-electron chi connectivity index (χ3n) is 3.62. The molecule has 24 heavy (non-hydrogen) atoms. The van der Waals surface area contributed by atoms with Gasteiger partial charge in [-0.25, -0.2) is 8.37 Å². The highest BCUT2D eigenvalue weighted by molar-refractivity contribution is 7.81. The number of unbranched alkanes of at least 4 members (excludes halogenated alkanes) is 9. The highest BCUT2D eigenvalue weighted by Crippen LogP contribution is 2.10. The lowest BCUT2D eigenvalue weighted by Gasteiger charge is -2.04. The molecule has 0 heterocycles. The largest absolute Gasteiger partial charge is 0.399 e. The van der Waals surface area contributed by atoms with Gasteiger partial charge in [-0.2, -0.15) is 8.42 Å². The van der Waals surface area contributed by atoms with Crippen LogP contribution in [0.5, 0.6) is 0 Å². The third-order valence-corrected chi connectivity index (χ3v) is 4.60. The minimum Gasteiger partial charge on any atom is -0.310 e. The van der Waals surface area contributed by atoms with E-state index in [1.54, 1.807) is 6.92 Å². The predicted molar refractivity (Wildman–Crippen MR) is 103 cm³/mol. The highest BCUT2D eigenvalue weighted by atomic mass is 32.3. The summed E-state index contributed by atoms with van der Waals surface area (Å²) in [5.41, 5.74) is 0. The number of hydrogen-bond donors (Lipinski definition) is 0. The van der Waals surface area contributed by atoms with Gasteiger partial charge in [0.25, 0.3) is 0 Å². The maximum atomic E-state index is 11.0. The van der Waals surface area contributed by atoms with Crippen LogP contribution in [-0.4, -0.2) is 47.2 Å². The molecule has 6 heteroatoms. The standard InChI is InChI=1S/C14H30O4S.C4H11N/c1-3-5-6-7-8-9-10-11-12-13-14-18-19(15,16)17-4-2;1-4-5(2)3/h3-14H2,1-2H3;4H2,1-3H3. The minimum atomic E-state index is -3.74. The van der Waals surface area contributed by atoms with E-state index in [-0.39, 0.29) is 13.2 Å². The van der Waals surface area contributed by atoms with Crippen molar-refractivity contribution in [3.05, 3.63) is 0 Å². The number of rotatable bonds is 15. The summed E-state index contributed by atoms with van der Waals surface area (Å²) in [6.07, 6.45) is 12.2. The minimum absolute atomic E-state index is 0.125. The molecule has 0 fully saturated rings. The maximum Gasteiger partial charge on any atom is 0.399 e. The van der Waals surface area contributed by atoms with Crippen LogP contribution in [0, 0.1) is 0 Å². The molecule has 0 unspecified atom stereocenters. The quantitative estimate of drug-likeness (QED) is 0.390. The van der Waals surface area contributed by atoms with E-state index in [4.69, 9.17) is 4.18 Å². The first kappa shape index (κ1) is 26.1.